The molecule has 2 unspecified atom stereocenters. The number of carbonyl (C=O) groups is 2. The summed E-state index contributed by atoms with van der Waals surface area (Å²) in [6, 6.07) is 25.4. The van der Waals surface area contributed by atoms with Gasteiger partial charge in [-0.2, -0.15) is 0 Å². The number of aliphatic carboxylic acids is 2. The van der Waals surface area contributed by atoms with Crippen LogP contribution in [0.25, 0.3) is 0 Å². The Morgan fingerprint density at radius 3 is 1.68 bits per heavy atom. The average Bonchev–Trinajstić information content (AvgIpc) is 2.80. The SMILES string of the molecule is CCCCC(C(=O)O)(c1ccccc1)C(Oc1ccccc1)(C(=O)O)c1ccccc1. The highest BCUT2D eigenvalue weighted by atomic mass is 16.5. The highest BCUT2D eigenvalue weighted by Crippen LogP contribution is 2.49. The smallest absolute Gasteiger partial charge is 0.354 e. The van der Waals surface area contributed by atoms with Gasteiger partial charge in [-0.15, -0.1) is 0 Å². The van der Waals surface area contributed by atoms with Crippen molar-refractivity contribution in [1.82, 2.24) is 0 Å². The van der Waals surface area contributed by atoms with Crippen molar-refractivity contribution < 1.29 is 24.5 Å². The van der Waals surface area contributed by atoms with Crippen molar-refractivity contribution in [2.45, 2.75) is 37.2 Å². The highest BCUT2D eigenvalue weighted by molar-refractivity contribution is 5.95. The molecule has 3 aromatic carbocycles. The van der Waals surface area contributed by atoms with E-state index in [0.29, 0.717) is 18.4 Å². The Kier molecular flexibility index (Phi) is 6.75. The fraction of sp³-hybridized carbons (Fsp3) is 0.231. The maximum Gasteiger partial charge on any atom is 0.354 e. The maximum atomic E-state index is 13.1. The first kappa shape index (κ1) is 22.1. The molecule has 0 aliphatic carbocycles. The summed E-state index contributed by atoms with van der Waals surface area (Å²) in [5.74, 6) is -2.31. The Morgan fingerprint density at radius 1 is 0.742 bits per heavy atom. The monoisotopic (exact) mass is 418 g/mol. The van der Waals surface area contributed by atoms with Crippen molar-refractivity contribution in [2.24, 2.45) is 0 Å². The van der Waals surface area contributed by atoms with E-state index in [9.17, 15) is 19.8 Å². The molecule has 3 rings (SSSR count). The maximum absolute atomic E-state index is 13.1. The molecule has 0 spiro atoms. The van der Waals surface area contributed by atoms with Gasteiger partial charge in [-0.3, -0.25) is 4.79 Å². The number of unbranched alkanes of at least 4 members (excludes halogenated alkanes) is 1. The molecule has 0 bridgehead atoms. The summed E-state index contributed by atoms with van der Waals surface area (Å²) in [7, 11) is 0. The summed E-state index contributed by atoms with van der Waals surface area (Å²) < 4.78 is 6.25. The Labute approximate surface area is 181 Å². The molecule has 5 nitrogen and oxygen atoms in total. The van der Waals surface area contributed by atoms with E-state index >= 15 is 0 Å². The Bertz CT molecular complexity index is 1000. The first-order valence-corrected chi connectivity index (χ1v) is 10.3. The molecule has 0 radical (unpaired) electrons. The van der Waals surface area contributed by atoms with Gasteiger partial charge in [0.15, 0.2) is 0 Å². The van der Waals surface area contributed by atoms with E-state index in [1.165, 1.54) is 0 Å². The molecular formula is C26H26O5. The third-order valence-corrected chi connectivity index (χ3v) is 5.63. The number of carboxylic acids is 2. The van der Waals surface area contributed by atoms with Crippen LogP contribution in [0.15, 0.2) is 91.0 Å². The van der Waals surface area contributed by atoms with E-state index in [4.69, 9.17) is 4.74 Å². The molecule has 3 aromatic rings. The average molecular weight is 418 g/mol. The van der Waals surface area contributed by atoms with Crippen molar-refractivity contribution in [3.05, 3.63) is 102 Å². The molecule has 2 N–H and O–H groups in total. The van der Waals surface area contributed by atoms with Crippen molar-refractivity contribution >= 4 is 11.9 Å². The summed E-state index contributed by atoms with van der Waals surface area (Å²) in [4.78, 5) is 26.2. The van der Waals surface area contributed by atoms with Crippen LogP contribution in [0.1, 0.15) is 37.3 Å². The molecule has 31 heavy (non-hydrogen) atoms. The van der Waals surface area contributed by atoms with Crippen LogP contribution < -0.4 is 4.74 Å². The minimum atomic E-state index is -2.20. The number of para-hydroxylation sites is 1. The third kappa shape index (κ3) is 3.91. The van der Waals surface area contributed by atoms with Crippen molar-refractivity contribution in [2.75, 3.05) is 0 Å². The fourth-order valence-corrected chi connectivity index (χ4v) is 4.15. The predicted molar refractivity (Wildman–Crippen MR) is 118 cm³/mol. The summed E-state index contributed by atoms with van der Waals surface area (Å²) in [6.45, 7) is 1.95. The quantitative estimate of drug-likeness (QED) is 0.469. The lowest BCUT2D eigenvalue weighted by Crippen LogP contribution is -2.62. The number of benzene rings is 3. The van der Waals surface area contributed by atoms with Gasteiger partial charge >= 0.3 is 11.9 Å². The first-order chi connectivity index (χ1) is 15.0. The molecule has 0 saturated heterocycles. The fourth-order valence-electron chi connectivity index (χ4n) is 4.15. The van der Waals surface area contributed by atoms with Gasteiger partial charge in [0.1, 0.15) is 11.2 Å². The van der Waals surface area contributed by atoms with Crippen molar-refractivity contribution in [1.29, 1.82) is 0 Å². The zero-order valence-electron chi connectivity index (χ0n) is 17.4. The van der Waals surface area contributed by atoms with Crippen LogP contribution in [-0.4, -0.2) is 22.2 Å². The standard InChI is InChI=1S/C26H26O5/c1-2-3-19-25(23(27)28,20-13-7-4-8-14-20)26(24(29)30,21-15-9-5-10-16-21)31-22-17-11-6-12-18-22/h4-18H,2-3,19H2,1H3,(H,27,28)(H,29,30). The number of hydrogen-bond donors (Lipinski definition) is 2. The van der Waals surface area contributed by atoms with Crippen LogP contribution in [0, 0.1) is 0 Å². The van der Waals surface area contributed by atoms with Crippen molar-refractivity contribution in [3.8, 4) is 5.75 Å². The molecule has 2 atom stereocenters. The summed E-state index contributed by atoms with van der Waals surface area (Å²) in [5, 5.41) is 21.4. The zero-order valence-corrected chi connectivity index (χ0v) is 17.4. The first-order valence-electron chi connectivity index (χ1n) is 10.3. The minimum Gasteiger partial charge on any atom is -0.480 e. The zero-order chi connectivity index (χ0) is 22.3. The normalized spacial score (nSPS) is 14.7. The van der Waals surface area contributed by atoms with Gasteiger partial charge in [0.25, 0.3) is 0 Å². The van der Waals surface area contributed by atoms with Gasteiger partial charge in [0, 0.05) is 5.56 Å². The molecule has 0 aliphatic rings. The Balaban J connectivity index is 2.42. The molecule has 0 aliphatic heterocycles. The Morgan fingerprint density at radius 2 is 1.23 bits per heavy atom. The molecule has 0 amide bonds. The van der Waals surface area contributed by atoms with E-state index in [2.05, 4.69) is 0 Å². The molecule has 0 saturated carbocycles. The van der Waals surface area contributed by atoms with Gasteiger partial charge in [-0.05, 0) is 24.1 Å². The summed E-state index contributed by atoms with van der Waals surface area (Å²) >= 11 is 0. The lowest BCUT2D eigenvalue weighted by Gasteiger charge is -2.45. The highest BCUT2D eigenvalue weighted by Gasteiger charge is 2.65. The molecule has 0 heterocycles. The number of hydrogen-bond acceptors (Lipinski definition) is 3. The van der Waals surface area contributed by atoms with Gasteiger partial charge in [0.05, 0.1) is 0 Å². The number of carboxylic acid groups (broad SMARTS) is 2. The van der Waals surface area contributed by atoms with Crippen LogP contribution in [0.4, 0.5) is 0 Å². The number of ether oxygens (including phenoxy) is 1. The second kappa shape index (κ2) is 9.47. The van der Waals surface area contributed by atoms with Crippen molar-refractivity contribution in [3.63, 3.8) is 0 Å². The van der Waals surface area contributed by atoms with E-state index in [0.717, 1.165) is 0 Å². The second-order valence-electron chi connectivity index (χ2n) is 7.45. The van der Waals surface area contributed by atoms with Crippen LogP contribution in [0.2, 0.25) is 0 Å². The predicted octanol–water partition coefficient (Wildman–Crippen LogP) is 5.26. The largest absolute Gasteiger partial charge is 0.480 e. The van der Waals surface area contributed by atoms with Crippen LogP contribution in [0.3, 0.4) is 0 Å². The molecule has 0 fully saturated rings. The summed E-state index contributed by atoms with van der Waals surface area (Å²) in [6.07, 6.45) is 1.32. The lowest BCUT2D eigenvalue weighted by molar-refractivity contribution is -0.177. The summed E-state index contributed by atoms with van der Waals surface area (Å²) in [5.41, 5.74) is -3.41. The minimum absolute atomic E-state index is 0.0941. The van der Waals surface area contributed by atoms with Crippen LogP contribution >= 0.6 is 0 Å². The third-order valence-electron chi connectivity index (χ3n) is 5.63. The number of rotatable bonds is 10. The van der Waals surface area contributed by atoms with Gasteiger partial charge in [0.2, 0.25) is 5.60 Å². The van der Waals surface area contributed by atoms with Gasteiger partial charge in [-0.25, -0.2) is 4.79 Å². The molecule has 160 valence electrons. The van der Waals surface area contributed by atoms with Gasteiger partial charge < -0.3 is 14.9 Å². The van der Waals surface area contributed by atoms with Crippen LogP contribution in [0.5, 0.6) is 5.75 Å². The Hall–Kier alpha value is -3.60. The molecule has 5 heteroatoms. The second-order valence-corrected chi connectivity index (χ2v) is 7.45. The van der Waals surface area contributed by atoms with E-state index in [-0.39, 0.29) is 17.7 Å². The van der Waals surface area contributed by atoms with E-state index in [1.807, 2.05) is 6.92 Å². The lowest BCUT2D eigenvalue weighted by atomic mass is 9.61. The molecular weight excluding hydrogens is 392 g/mol. The van der Waals surface area contributed by atoms with Gasteiger partial charge in [-0.1, -0.05) is 98.6 Å². The van der Waals surface area contributed by atoms with Crippen LogP contribution in [-0.2, 0) is 20.6 Å². The molecule has 0 aromatic heterocycles. The topological polar surface area (TPSA) is 83.8 Å². The van der Waals surface area contributed by atoms with E-state index < -0.39 is 23.0 Å². The van der Waals surface area contributed by atoms with E-state index in [1.54, 1.807) is 91.0 Å².